The Kier molecular flexibility index (Phi) is 5.07. The Morgan fingerprint density at radius 3 is 2.31 bits per heavy atom. The molecule has 0 unspecified atom stereocenters. The molecule has 0 saturated carbocycles. The summed E-state index contributed by atoms with van der Waals surface area (Å²) in [5, 5.41) is 0. The molecule has 136 valence electrons. The van der Waals surface area contributed by atoms with Crippen molar-refractivity contribution in [3.63, 3.8) is 0 Å². The van der Waals surface area contributed by atoms with E-state index in [1.54, 1.807) is 0 Å². The number of benzene rings is 2. The largest absolute Gasteiger partial charge is 0.338 e. The Morgan fingerprint density at radius 2 is 1.58 bits per heavy atom. The smallest absolute Gasteiger partial charge is 0.226 e. The molecular weight excluding hydrogens is 320 g/mol. The minimum Gasteiger partial charge on any atom is -0.338 e. The second-order valence-corrected chi connectivity index (χ2v) is 7.68. The van der Waals surface area contributed by atoms with Gasteiger partial charge in [-0.15, -0.1) is 0 Å². The van der Waals surface area contributed by atoms with Gasteiger partial charge >= 0.3 is 0 Å². The molecule has 0 aliphatic carbocycles. The predicted octanol–water partition coefficient (Wildman–Crippen LogP) is 4.04. The Morgan fingerprint density at radius 1 is 0.923 bits per heavy atom. The molecule has 1 saturated heterocycles. The molecule has 0 radical (unpaired) electrons. The molecule has 0 bridgehead atoms. The van der Waals surface area contributed by atoms with Crippen LogP contribution in [0.2, 0.25) is 0 Å². The van der Waals surface area contributed by atoms with Gasteiger partial charge in [0.25, 0.3) is 0 Å². The summed E-state index contributed by atoms with van der Waals surface area (Å²) < 4.78 is 0. The molecule has 0 aromatic heterocycles. The molecule has 4 rings (SSSR count). The SMILES string of the molecule is C[C@@H](c1ccccc1)N1CCC(C(=O)N2CCc3ccccc3C2)CC1. The van der Waals surface area contributed by atoms with Crippen LogP contribution in [0.15, 0.2) is 54.6 Å². The van der Waals surface area contributed by atoms with E-state index in [0.717, 1.165) is 45.4 Å². The summed E-state index contributed by atoms with van der Waals surface area (Å²) in [5.41, 5.74) is 4.09. The number of carbonyl (C=O) groups is 1. The van der Waals surface area contributed by atoms with Gasteiger partial charge in [-0.25, -0.2) is 0 Å². The fourth-order valence-electron chi connectivity index (χ4n) is 4.42. The fourth-order valence-corrected chi connectivity index (χ4v) is 4.42. The second kappa shape index (κ2) is 7.63. The molecule has 2 heterocycles. The van der Waals surface area contributed by atoms with Gasteiger partial charge in [0.05, 0.1) is 0 Å². The molecule has 2 aromatic carbocycles. The zero-order valence-corrected chi connectivity index (χ0v) is 15.6. The van der Waals surface area contributed by atoms with E-state index in [4.69, 9.17) is 0 Å². The van der Waals surface area contributed by atoms with E-state index < -0.39 is 0 Å². The van der Waals surface area contributed by atoms with Gasteiger partial charge in [-0.1, -0.05) is 54.6 Å². The monoisotopic (exact) mass is 348 g/mol. The normalized spacial score (nSPS) is 19.8. The van der Waals surface area contributed by atoms with Crippen LogP contribution in [0.3, 0.4) is 0 Å². The summed E-state index contributed by atoms with van der Waals surface area (Å²) in [6, 6.07) is 19.6. The number of fused-ring (bicyclic) bond motifs is 1. The summed E-state index contributed by atoms with van der Waals surface area (Å²) in [5.74, 6) is 0.561. The first-order valence-corrected chi connectivity index (χ1v) is 9.87. The Balaban J connectivity index is 1.34. The number of piperidine rings is 1. The number of hydrogen-bond acceptors (Lipinski definition) is 2. The van der Waals surface area contributed by atoms with Crippen molar-refractivity contribution < 1.29 is 4.79 Å². The average Bonchev–Trinajstić information content (AvgIpc) is 2.73. The van der Waals surface area contributed by atoms with Crippen molar-refractivity contribution in [3.8, 4) is 0 Å². The minimum atomic E-state index is 0.194. The zero-order chi connectivity index (χ0) is 17.9. The molecule has 3 heteroatoms. The predicted molar refractivity (Wildman–Crippen MR) is 105 cm³/mol. The lowest BCUT2D eigenvalue weighted by molar-refractivity contribution is -0.138. The first-order chi connectivity index (χ1) is 12.7. The van der Waals surface area contributed by atoms with Crippen molar-refractivity contribution in [1.82, 2.24) is 9.80 Å². The van der Waals surface area contributed by atoms with Crippen molar-refractivity contribution in [2.24, 2.45) is 5.92 Å². The van der Waals surface area contributed by atoms with Gasteiger partial charge in [-0.2, -0.15) is 0 Å². The van der Waals surface area contributed by atoms with Crippen LogP contribution in [-0.2, 0) is 17.8 Å². The summed E-state index contributed by atoms with van der Waals surface area (Å²) in [6.07, 6.45) is 2.95. The number of nitrogens with zero attached hydrogens (tertiary/aromatic N) is 2. The van der Waals surface area contributed by atoms with E-state index in [-0.39, 0.29) is 5.92 Å². The highest BCUT2D eigenvalue weighted by atomic mass is 16.2. The lowest BCUT2D eigenvalue weighted by Crippen LogP contribution is -2.44. The highest BCUT2D eigenvalue weighted by molar-refractivity contribution is 5.79. The molecule has 0 N–H and O–H groups in total. The van der Waals surface area contributed by atoms with E-state index in [0.29, 0.717) is 11.9 Å². The van der Waals surface area contributed by atoms with Crippen molar-refractivity contribution >= 4 is 5.91 Å². The number of carbonyl (C=O) groups excluding carboxylic acids is 1. The van der Waals surface area contributed by atoms with Crippen molar-refractivity contribution in [1.29, 1.82) is 0 Å². The van der Waals surface area contributed by atoms with Gasteiger partial charge in [0.2, 0.25) is 5.91 Å². The van der Waals surface area contributed by atoms with Gasteiger partial charge < -0.3 is 4.90 Å². The van der Waals surface area contributed by atoms with E-state index in [1.807, 2.05) is 0 Å². The van der Waals surface area contributed by atoms with E-state index >= 15 is 0 Å². The molecule has 2 aliphatic heterocycles. The van der Waals surface area contributed by atoms with Crippen LogP contribution in [0.5, 0.6) is 0 Å². The van der Waals surface area contributed by atoms with Crippen LogP contribution < -0.4 is 0 Å². The van der Waals surface area contributed by atoms with Gasteiger partial charge in [-0.3, -0.25) is 9.69 Å². The third-order valence-electron chi connectivity index (χ3n) is 6.15. The summed E-state index contributed by atoms with van der Waals surface area (Å²) in [6.45, 7) is 5.96. The molecule has 1 amide bonds. The molecular formula is C23H28N2O. The van der Waals surface area contributed by atoms with Crippen molar-refractivity contribution in [2.75, 3.05) is 19.6 Å². The van der Waals surface area contributed by atoms with Crippen LogP contribution in [0.25, 0.3) is 0 Å². The van der Waals surface area contributed by atoms with Crippen molar-refractivity contribution in [2.45, 2.75) is 38.8 Å². The number of rotatable bonds is 3. The van der Waals surface area contributed by atoms with E-state index in [9.17, 15) is 4.79 Å². The number of hydrogen-bond donors (Lipinski definition) is 0. The van der Waals surface area contributed by atoms with E-state index in [2.05, 4.69) is 71.3 Å². The minimum absolute atomic E-state index is 0.194. The lowest BCUT2D eigenvalue weighted by Gasteiger charge is -2.38. The second-order valence-electron chi connectivity index (χ2n) is 7.68. The maximum Gasteiger partial charge on any atom is 0.226 e. The summed E-state index contributed by atoms with van der Waals surface area (Å²) in [7, 11) is 0. The standard InChI is InChI=1S/C23H28N2O/c1-18(19-7-3-2-4-8-19)24-14-12-21(13-15-24)23(26)25-16-11-20-9-5-6-10-22(20)17-25/h2-10,18,21H,11-17H2,1H3/t18-/m0/s1. The fraction of sp³-hybridized carbons (Fsp3) is 0.435. The Labute approximate surface area is 156 Å². The molecule has 26 heavy (non-hydrogen) atoms. The summed E-state index contributed by atoms with van der Waals surface area (Å²) in [4.78, 5) is 17.6. The molecule has 3 nitrogen and oxygen atoms in total. The maximum absolute atomic E-state index is 13.0. The highest BCUT2D eigenvalue weighted by Crippen LogP contribution is 2.29. The maximum atomic E-state index is 13.0. The van der Waals surface area contributed by atoms with Crippen LogP contribution in [0.1, 0.15) is 42.5 Å². The summed E-state index contributed by atoms with van der Waals surface area (Å²) >= 11 is 0. The quantitative estimate of drug-likeness (QED) is 0.836. The highest BCUT2D eigenvalue weighted by Gasteiger charge is 2.31. The lowest BCUT2D eigenvalue weighted by atomic mass is 9.92. The van der Waals surface area contributed by atoms with Gasteiger partial charge in [0, 0.05) is 25.0 Å². The molecule has 2 aromatic rings. The van der Waals surface area contributed by atoms with Gasteiger partial charge in [0.15, 0.2) is 0 Å². The van der Waals surface area contributed by atoms with Crippen LogP contribution >= 0.6 is 0 Å². The molecule has 1 atom stereocenters. The Hall–Kier alpha value is -2.13. The molecule has 2 aliphatic rings. The third-order valence-corrected chi connectivity index (χ3v) is 6.15. The number of likely N-dealkylation sites (tertiary alicyclic amines) is 1. The number of amides is 1. The average molecular weight is 348 g/mol. The molecule has 0 spiro atoms. The Bertz CT molecular complexity index is 750. The van der Waals surface area contributed by atoms with E-state index in [1.165, 1.54) is 16.7 Å². The van der Waals surface area contributed by atoms with Crippen LogP contribution in [0, 0.1) is 5.92 Å². The zero-order valence-electron chi connectivity index (χ0n) is 15.6. The molecule has 1 fully saturated rings. The van der Waals surface area contributed by atoms with Crippen molar-refractivity contribution in [3.05, 3.63) is 71.3 Å². The topological polar surface area (TPSA) is 23.6 Å². The van der Waals surface area contributed by atoms with Crippen LogP contribution in [-0.4, -0.2) is 35.3 Å². The van der Waals surface area contributed by atoms with Gasteiger partial charge in [-0.05, 0) is 56.0 Å². The van der Waals surface area contributed by atoms with Crippen LogP contribution in [0.4, 0.5) is 0 Å². The van der Waals surface area contributed by atoms with Gasteiger partial charge in [0.1, 0.15) is 0 Å². The third kappa shape index (κ3) is 3.54. The first kappa shape index (κ1) is 17.3. The first-order valence-electron chi connectivity index (χ1n) is 9.87.